The molecule has 1 fully saturated rings. The van der Waals surface area contributed by atoms with E-state index >= 15 is 0 Å². The number of nitrogens with zero attached hydrogens (tertiary/aromatic N) is 2. The third kappa shape index (κ3) is 5.32. The summed E-state index contributed by atoms with van der Waals surface area (Å²) in [7, 11) is 1.78. The van der Waals surface area contributed by atoms with Crippen molar-refractivity contribution in [2.45, 2.75) is 46.1 Å². The average molecular weight is 401 g/mol. The zero-order valence-corrected chi connectivity index (χ0v) is 18.1. The minimum Gasteiger partial charge on any atom is -0.385 e. The molecule has 0 saturated heterocycles. The molecule has 1 heterocycles. The molecule has 1 aromatic carbocycles. The maximum atomic E-state index is 5.31. The normalized spacial score (nSPS) is 15.9. The molecule has 2 aromatic rings. The minimum absolute atomic E-state index is 0.368. The highest BCUT2D eigenvalue weighted by Gasteiger charge is 2.36. The van der Waals surface area contributed by atoms with Gasteiger partial charge >= 0.3 is 0 Å². The summed E-state index contributed by atoms with van der Waals surface area (Å²) in [4.78, 5) is 10.8. The minimum atomic E-state index is 0.368. The van der Waals surface area contributed by atoms with E-state index in [1.54, 1.807) is 18.4 Å². The van der Waals surface area contributed by atoms with Gasteiger partial charge in [0.1, 0.15) is 5.01 Å². The van der Waals surface area contributed by atoms with Crippen molar-refractivity contribution in [3.05, 3.63) is 40.9 Å². The maximum absolute atomic E-state index is 5.31. The zero-order chi connectivity index (χ0) is 19.8. The Kier molecular flexibility index (Phi) is 7.45. The molecule has 0 amide bonds. The van der Waals surface area contributed by atoms with E-state index < -0.39 is 0 Å². The van der Waals surface area contributed by atoms with Crippen molar-refractivity contribution in [1.29, 1.82) is 0 Å². The number of ether oxygens (including phenoxy) is 1. The van der Waals surface area contributed by atoms with Gasteiger partial charge in [-0.1, -0.05) is 36.8 Å². The molecule has 1 aliphatic carbocycles. The Bertz CT molecular complexity index is 768. The van der Waals surface area contributed by atoms with E-state index in [9.17, 15) is 0 Å². The van der Waals surface area contributed by atoms with Crippen LogP contribution in [0.4, 0.5) is 0 Å². The first-order valence-electron chi connectivity index (χ1n) is 10.2. The Morgan fingerprint density at radius 2 is 2.04 bits per heavy atom. The summed E-state index contributed by atoms with van der Waals surface area (Å²) in [6, 6.07) is 10.4. The van der Waals surface area contributed by atoms with Crippen molar-refractivity contribution in [3.8, 4) is 10.6 Å². The average Bonchev–Trinajstić information content (AvgIpc) is 3.06. The molecule has 0 spiro atoms. The summed E-state index contributed by atoms with van der Waals surface area (Å²) in [5.74, 6) is 0.889. The van der Waals surface area contributed by atoms with Crippen LogP contribution in [0.2, 0.25) is 0 Å². The quantitative estimate of drug-likeness (QED) is 0.484. The lowest BCUT2D eigenvalue weighted by Gasteiger charge is -2.42. The molecule has 0 bridgehead atoms. The van der Waals surface area contributed by atoms with Crippen molar-refractivity contribution in [2.24, 2.45) is 10.4 Å². The highest BCUT2D eigenvalue weighted by molar-refractivity contribution is 7.15. The fraction of sp³-hybridized carbons (Fsp3) is 0.545. The standard InChI is InChI=1S/C22H32N4OS/c1-4-23-21(25-16-22(11-8-12-22)13-14-27-3)24-15-19-17(2)26-20(28-19)18-9-6-5-7-10-18/h5-7,9-10H,4,8,11-16H2,1-3H3,(H2,23,24,25). The van der Waals surface area contributed by atoms with Gasteiger partial charge in [-0.3, -0.25) is 0 Å². The predicted octanol–water partition coefficient (Wildman–Crippen LogP) is 4.38. The molecule has 0 radical (unpaired) electrons. The molecule has 5 nitrogen and oxygen atoms in total. The van der Waals surface area contributed by atoms with Crippen LogP contribution in [-0.4, -0.2) is 37.7 Å². The summed E-state index contributed by atoms with van der Waals surface area (Å²) in [5.41, 5.74) is 2.60. The maximum Gasteiger partial charge on any atom is 0.191 e. The lowest BCUT2D eigenvalue weighted by molar-refractivity contribution is 0.0732. The van der Waals surface area contributed by atoms with Crippen molar-refractivity contribution in [3.63, 3.8) is 0 Å². The number of thiazole rings is 1. The fourth-order valence-corrected chi connectivity index (χ4v) is 4.55. The lowest BCUT2D eigenvalue weighted by Crippen LogP contribution is -2.46. The van der Waals surface area contributed by atoms with Crippen molar-refractivity contribution < 1.29 is 4.74 Å². The first kappa shape index (κ1) is 20.8. The van der Waals surface area contributed by atoms with Gasteiger partial charge in [0.25, 0.3) is 0 Å². The second-order valence-electron chi connectivity index (χ2n) is 7.54. The molecule has 28 heavy (non-hydrogen) atoms. The summed E-state index contributed by atoms with van der Waals surface area (Å²) >= 11 is 1.73. The Morgan fingerprint density at radius 1 is 1.25 bits per heavy atom. The molecular formula is C22H32N4OS. The topological polar surface area (TPSA) is 58.5 Å². The zero-order valence-electron chi connectivity index (χ0n) is 17.3. The number of aryl methyl sites for hydroxylation is 1. The highest BCUT2D eigenvalue weighted by Crippen LogP contribution is 2.43. The summed E-state index contributed by atoms with van der Waals surface area (Å²) < 4.78 is 5.31. The van der Waals surface area contributed by atoms with Crippen LogP contribution in [0.1, 0.15) is 43.2 Å². The van der Waals surface area contributed by atoms with E-state index in [2.05, 4.69) is 48.7 Å². The number of nitrogens with one attached hydrogen (secondary N) is 2. The molecular weight excluding hydrogens is 368 g/mol. The third-order valence-corrected chi connectivity index (χ3v) is 6.71. The van der Waals surface area contributed by atoms with Gasteiger partial charge in [0.15, 0.2) is 5.96 Å². The molecule has 1 saturated carbocycles. The summed E-state index contributed by atoms with van der Waals surface area (Å²) in [5, 5.41) is 8.01. The number of methoxy groups -OCH3 is 1. The van der Waals surface area contributed by atoms with Crippen molar-refractivity contribution in [1.82, 2.24) is 15.6 Å². The second-order valence-corrected chi connectivity index (χ2v) is 8.62. The van der Waals surface area contributed by atoms with E-state index in [4.69, 9.17) is 14.7 Å². The molecule has 0 unspecified atom stereocenters. The van der Waals surface area contributed by atoms with Gasteiger partial charge in [-0.05, 0) is 38.5 Å². The van der Waals surface area contributed by atoms with Crippen LogP contribution in [0.3, 0.4) is 0 Å². The first-order chi connectivity index (χ1) is 13.7. The van der Waals surface area contributed by atoms with Gasteiger partial charge in [0.05, 0.1) is 12.2 Å². The third-order valence-electron chi connectivity index (χ3n) is 5.52. The number of hydrogen-bond acceptors (Lipinski definition) is 4. The molecule has 152 valence electrons. The Labute approximate surface area is 172 Å². The van der Waals surface area contributed by atoms with Gasteiger partial charge in [0, 0.05) is 37.2 Å². The number of benzene rings is 1. The molecule has 2 N–H and O–H groups in total. The molecule has 0 atom stereocenters. The van der Waals surface area contributed by atoms with Crippen LogP contribution < -0.4 is 10.6 Å². The highest BCUT2D eigenvalue weighted by atomic mass is 32.1. The van der Waals surface area contributed by atoms with Crippen LogP contribution in [-0.2, 0) is 11.3 Å². The van der Waals surface area contributed by atoms with Crippen molar-refractivity contribution >= 4 is 17.3 Å². The van der Waals surface area contributed by atoms with Crippen LogP contribution in [0, 0.1) is 12.3 Å². The van der Waals surface area contributed by atoms with E-state index in [1.165, 1.54) is 29.7 Å². The van der Waals surface area contributed by atoms with E-state index in [1.807, 2.05) is 6.07 Å². The van der Waals surface area contributed by atoms with Crippen molar-refractivity contribution in [2.75, 3.05) is 26.8 Å². The summed E-state index contributed by atoms with van der Waals surface area (Å²) in [6.07, 6.45) is 4.99. The Hall–Kier alpha value is -1.92. The molecule has 3 rings (SSSR count). The fourth-order valence-electron chi connectivity index (χ4n) is 3.55. The molecule has 6 heteroatoms. The van der Waals surface area contributed by atoms with Gasteiger partial charge < -0.3 is 15.4 Å². The second kappa shape index (κ2) is 10.0. The first-order valence-corrected chi connectivity index (χ1v) is 11.0. The van der Waals surface area contributed by atoms with Gasteiger partial charge in [0.2, 0.25) is 0 Å². The number of guanidine groups is 1. The monoisotopic (exact) mass is 400 g/mol. The van der Waals surface area contributed by atoms with Crippen LogP contribution >= 0.6 is 11.3 Å². The number of aromatic nitrogens is 1. The molecule has 1 aromatic heterocycles. The SMILES string of the molecule is CCNC(=NCc1sc(-c2ccccc2)nc1C)NCC1(CCOC)CCC1. The molecule has 1 aliphatic rings. The lowest BCUT2D eigenvalue weighted by atomic mass is 9.67. The number of rotatable bonds is 9. The van der Waals surface area contributed by atoms with Crippen LogP contribution in [0.25, 0.3) is 10.6 Å². The molecule has 0 aliphatic heterocycles. The number of aliphatic imine (C=N–C) groups is 1. The van der Waals surface area contributed by atoms with Crippen LogP contribution in [0.15, 0.2) is 35.3 Å². The van der Waals surface area contributed by atoms with Gasteiger partial charge in [-0.25, -0.2) is 9.98 Å². The van der Waals surface area contributed by atoms with Gasteiger partial charge in [-0.15, -0.1) is 11.3 Å². The largest absolute Gasteiger partial charge is 0.385 e. The smallest absolute Gasteiger partial charge is 0.191 e. The van der Waals surface area contributed by atoms with Gasteiger partial charge in [-0.2, -0.15) is 0 Å². The van der Waals surface area contributed by atoms with E-state index in [0.29, 0.717) is 12.0 Å². The Morgan fingerprint density at radius 3 is 2.68 bits per heavy atom. The number of hydrogen-bond donors (Lipinski definition) is 2. The Balaban J connectivity index is 1.63. The predicted molar refractivity (Wildman–Crippen MR) is 118 cm³/mol. The van der Waals surface area contributed by atoms with E-state index in [0.717, 1.165) is 42.8 Å². The van der Waals surface area contributed by atoms with E-state index in [-0.39, 0.29) is 0 Å². The van der Waals surface area contributed by atoms with Crippen LogP contribution in [0.5, 0.6) is 0 Å². The summed E-state index contributed by atoms with van der Waals surface area (Å²) in [6.45, 7) is 7.47.